The van der Waals surface area contributed by atoms with E-state index in [1.54, 1.807) is 0 Å². The highest BCUT2D eigenvalue weighted by molar-refractivity contribution is 7.76. The Morgan fingerprint density at radius 2 is 0.662 bits per heavy atom. The molecule has 0 fully saturated rings. The fourth-order valence-corrected chi connectivity index (χ4v) is 15.8. The van der Waals surface area contributed by atoms with Crippen LogP contribution >= 0.6 is 7.44 Å². The van der Waals surface area contributed by atoms with E-state index in [1.165, 1.54) is 55.6 Å². The number of hydrogen-bond acceptors (Lipinski definition) is 2. The van der Waals surface area contributed by atoms with Crippen LogP contribution in [-0.4, -0.2) is 0 Å². The molecule has 1 atom stereocenters. The van der Waals surface area contributed by atoms with Gasteiger partial charge in [0.2, 0.25) is 0 Å². The van der Waals surface area contributed by atoms with Crippen molar-refractivity contribution in [2.24, 2.45) is 0 Å². The molecule has 1 unspecified atom stereocenters. The molecule has 5 heteroatoms. The quantitative estimate of drug-likeness (QED) is 0.135. The highest BCUT2D eigenvalue weighted by Crippen LogP contribution is 2.73. The van der Waals surface area contributed by atoms with Gasteiger partial charge in [0.05, 0.1) is 28.1 Å². The van der Waals surface area contributed by atoms with Crippen molar-refractivity contribution in [3.8, 4) is 55.6 Å². The molecule has 0 spiro atoms. The first-order chi connectivity index (χ1) is 37.6. The number of hydrogen-bond donors (Lipinski definition) is 0. The normalized spacial score (nSPS) is 16.1. The largest absolute Gasteiger partial charge is 0.311 e. The molecule has 1 heterocycles. The van der Waals surface area contributed by atoms with Gasteiger partial charge < -0.3 is 4.90 Å². The van der Waals surface area contributed by atoms with E-state index in [-0.39, 0.29) is 10.8 Å². The van der Waals surface area contributed by atoms with Crippen molar-refractivity contribution in [2.45, 2.75) is 38.5 Å². The van der Waals surface area contributed by atoms with E-state index in [4.69, 9.17) is 0 Å². The molecule has 77 heavy (non-hydrogen) atoms. The molecule has 0 amide bonds. The second-order valence-corrected chi connectivity index (χ2v) is 24.1. The predicted octanol–water partition coefficient (Wildman–Crippen LogP) is 19.6. The highest BCUT2D eigenvalue weighted by Gasteiger charge is 2.52. The summed E-state index contributed by atoms with van der Waals surface area (Å²) in [5, 5.41) is 0.766. The molecule has 370 valence electrons. The Balaban J connectivity index is 0.948. The van der Waals surface area contributed by atoms with Gasteiger partial charge in [-0.1, -0.05) is 222 Å². The third-order valence-electron chi connectivity index (χ3n) is 16.6. The van der Waals surface area contributed by atoms with Crippen molar-refractivity contribution in [2.75, 3.05) is 14.2 Å². The van der Waals surface area contributed by atoms with Crippen LogP contribution in [0.4, 0.5) is 39.8 Å². The zero-order valence-electron chi connectivity index (χ0n) is 43.6. The second-order valence-electron chi connectivity index (χ2n) is 21.7. The number of anilines is 7. The lowest BCUT2D eigenvalue weighted by atomic mass is 9.82. The molecule has 14 rings (SSSR count). The lowest BCUT2D eigenvalue weighted by Gasteiger charge is -2.35. The van der Waals surface area contributed by atoms with Crippen molar-refractivity contribution in [1.82, 2.24) is 0 Å². The molecule has 0 saturated heterocycles. The van der Waals surface area contributed by atoms with Crippen molar-refractivity contribution in [3.63, 3.8) is 0 Å². The van der Waals surface area contributed by atoms with E-state index in [0.717, 1.165) is 67.4 Å². The Bertz CT molecular complexity index is 4030. The minimum absolute atomic E-state index is 0.251. The molecule has 4 nitrogen and oxygen atoms in total. The maximum Gasteiger partial charge on any atom is 0.301 e. The Morgan fingerprint density at radius 1 is 0.312 bits per heavy atom. The lowest BCUT2D eigenvalue weighted by molar-refractivity contribution is 0.582. The van der Waals surface area contributed by atoms with Crippen LogP contribution in [0, 0.1) is 0 Å². The lowest BCUT2D eigenvalue weighted by Crippen LogP contribution is -2.27. The van der Waals surface area contributed by atoms with E-state index < -0.39 is 7.44 Å². The monoisotopic (exact) mass is 1010 g/mol. The first-order valence-corrected chi connectivity index (χ1v) is 28.3. The number of fused-ring (bicyclic) bond motifs is 7. The average Bonchev–Trinajstić information content (AvgIpc) is 4.02. The Hall–Kier alpha value is -8.95. The summed E-state index contributed by atoms with van der Waals surface area (Å²) in [5.74, 6) is 0. The van der Waals surface area contributed by atoms with Crippen LogP contribution in [0.1, 0.15) is 49.9 Å². The maximum absolute atomic E-state index is 17.8. The topological polar surface area (TPSA) is 26.8 Å². The molecule has 3 aliphatic rings. The van der Waals surface area contributed by atoms with E-state index in [1.807, 2.05) is 18.2 Å². The third-order valence-corrected chi connectivity index (χ3v) is 19.5. The van der Waals surface area contributed by atoms with Crippen molar-refractivity contribution >= 4 is 52.6 Å². The van der Waals surface area contributed by atoms with Gasteiger partial charge in [0, 0.05) is 39.0 Å². The summed E-state index contributed by atoms with van der Waals surface area (Å²) >= 11 is 0. The zero-order valence-corrected chi connectivity index (χ0v) is 44.5. The van der Waals surface area contributed by atoms with Crippen molar-refractivity contribution in [3.05, 3.63) is 289 Å². The number of benzene rings is 11. The van der Waals surface area contributed by atoms with Gasteiger partial charge in [0.1, 0.15) is 0 Å². The first-order valence-electron chi connectivity index (χ1n) is 26.7. The van der Waals surface area contributed by atoms with Gasteiger partial charge >= 0.3 is 7.44 Å². The van der Waals surface area contributed by atoms with E-state index in [9.17, 15) is 0 Å². The van der Waals surface area contributed by atoms with Crippen LogP contribution in [0.15, 0.2) is 267 Å². The van der Waals surface area contributed by atoms with Crippen LogP contribution in [0.5, 0.6) is 0 Å². The molecule has 0 radical (unpaired) electrons. The Labute approximate surface area is 452 Å². The minimum atomic E-state index is -3.83. The average molecular weight is 1010 g/mol. The maximum atomic E-state index is 17.8. The van der Waals surface area contributed by atoms with Crippen LogP contribution < -0.4 is 19.5 Å². The molecule has 0 bridgehead atoms. The summed E-state index contributed by atoms with van der Waals surface area (Å²) in [7, 11) is -3.83. The van der Waals surface area contributed by atoms with E-state index in [0.29, 0.717) is 0 Å². The molecular weight excluding hydrogens is 954 g/mol. The van der Waals surface area contributed by atoms with Crippen LogP contribution in [0.3, 0.4) is 0 Å². The van der Waals surface area contributed by atoms with Crippen LogP contribution in [0.25, 0.3) is 55.6 Å². The minimum Gasteiger partial charge on any atom is -0.311 e. The summed E-state index contributed by atoms with van der Waals surface area (Å²) in [4.78, 5) is 2.33. The summed E-state index contributed by atoms with van der Waals surface area (Å²) in [6, 6.07) is 95.4. The van der Waals surface area contributed by atoms with Gasteiger partial charge in [-0.25, -0.2) is 0 Å². The molecular formula is C72H56N3OP. The molecule has 11 aromatic rings. The molecule has 1 aliphatic heterocycles. The van der Waals surface area contributed by atoms with Gasteiger partial charge in [-0.05, 0) is 140 Å². The standard InChI is InChI=1S/C72H56N3OP/c1-71(2)61-28-16-14-26-59(61)69-63(71)30-18-32-66(69)74-65-47-40-54(48-68(65)75(77(74,76)58-24-12-7-13-25-58)67-33-19-31-64-70(67)60-27-15-17-29-62(60)72(64,3)4)53-38-45-57(46-39-53)73(55-41-34-51(35-42-55)49-20-8-5-9-21-49)56-43-36-52(37-44-56)50-22-10-6-11-23-50/h5-48H,1-4H3. The van der Waals surface area contributed by atoms with Crippen molar-refractivity contribution < 1.29 is 4.57 Å². The zero-order chi connectivity index (χ0) is 52.0. The van der Waals surface area contributed by atoms with Gasteiger partial charge in [-0.2, -0.15) is 0 Å². The van der Waals surface area contributed by atoms with Gasteiger partial charge in [-0.15, -0.1) is 0 Å². The van der Waals surface area contributed by atoms with Crippen LogP contribution in [-0.2, 0) is 15.4 Å². The smallest absolute Gasteiger partial charge is 0.301 e. The summed E-state index contributed by atoms with van der Waals surface area (Å²) in [6.07, 6.45) is 0. The molecule has 0 N–H and O–H groups in total. The Kier molecular flexibility index (Phi) is 10.8. The molecule has 11 aromatic carbocycles. The SMILES string of the molecule is CC1(C)c2ccccc2-c2c(N3c4ccc(-c5ccc(N(c6ccc(-c7ccccc7)cc6)c6ccc(-c7ccccc7)cc6)cc5)cc4N(c4cccc5c4-c4ccccc4C5(C)C)P3(=O)c3ccccc3)cccc21. The van der Waals surface area contributed by atoms with E-state index in [2.05, 4.69) is 291 Å². The number of nitrogens with zero attached hydrogens (tertiary/aromatic N) is 3. The fraction of sp³-hybridized carbons (Fsp3) is 0.0833. The molecule has 0 aromatic heterocycles. The van der Waals surface area contributed by atoms with Gasteiger partial charge in [-0.3, -0.25) is 13.9 Å². The van der Waals surface area contributed by atoms with Gasteiger partial charge in [0.25, 0.3) is 0 Å². The van der Waals surface area contributed by atoms with Crippen molar-refractivity contribution in [1.29, 1.82) is 0 Å². The summed E-state index contributed by atoms with van der Waals surface area (Å²) < 4.78 is 22.2. The van der Waals surface area contributed by atoms with Gasteiger partial charge in [0.15, 0.2) is 0 Å². The van der Waals surface area contributed by atoms with Crippen LogP contribution in [0.2, 0.25) is 0 Å². The Morgan fingerprint density at radius 3 is 1.12 bits per heavy atom. The fourth-order valence-electron chi connectivity index (χ4n) is 12.8. The highest BCUT2D eigenvalue weighted by atomic mass is 31.2. The summed E-state index contributed by atoms with van der Waals surface area (Å²) in [6.45, 7) is 9.26. The third kappa shape index (κ3) is 7.23. The molecule has 0 saturated carbocycles. The first kappa shape index (κ1) is 46.6. The molecule has 2 aliphatic carbocycles. The number of rotatable bonds is 9. The predicted molar refractivity (Wildman–Crippen MR) is 323 cm³/mol. The summed E-state index contributed by atoms with van der Waals surface area (Å²) in [5.41, 5.74) is 22.8. The van der Waals surface area contributed by atoms with E-state index >= 15 is 4.57 Å². The second kappa shape index (κ2) is 17.8.